The molecule has 28 heavy (non-hydrogen) atoms. The fourth-order valence-corrected chi connectivity index (χ4v) is 4.63. The highest BCUT2D eigenvalue weighted by Gasteiger charge is 2.22. The predicted molar refractivity (Wildman–Crippen MR) is 110 cm³/mol. The number of benzene rings is 2. The molecular formula is C20H22N2O4S2. The van der Waals surface area contributed by atoms with E-state index in [9.17, 15) is 8.42 Å². The summed E-state index contributed by atoms with van der Waals surface area (Å²) in [6, 6.07) is 12.4. The van der Waals surface area contributed by atoms with Gasteiger partial charge in [0.25, 0.3) is 0 Å². The van der Waals surface area contributed by atoms with Crippen molar-refractivity contribution in [2.24, 2.45) is 0 Å². The van der Waals surface area contributed by atoms with E-state index in [2.05, 4.69) is 4.98 Å². The van der Waals surface area contributed by atoms with Crippen molar-refractivity contribution in [3.05, 3.63) is 59.1 Å². The second-order valence-corrected chi connectivity index (χ2v) is 9.19. The zero-order valence-electron chi connectivity index (χ0n) is 16.2. The smallest absolute Gasteiger partial charge is 0.243 e. The molecule has 0 bridgehead atoms. The van der Waals surface area contributed by atoms with Crippen LogP contribution < -0.4 is 9.47 Å². The molecule has 2 aromatic carbocycles. The van der Waals surface area contributed by atoms with E-state index in [1.54, 1.807) is 45.5 Å². The van der Waals surface area contributed by atoms with Crippen molar-refractivity contribution in [1.29, 1.82) is 0 Å². The number of ether oxygens (including phenoxy) is 2. The van der Waals surface area contributed by atoms with E-state index in [-0.39, 0.29) is 11.4 Å². The van der Waals surface area contributed by atoms with E-state index in [0.29, 0.717) is 17.2 Å². The maximum absolute atomic E-state index is 12.7. The highest BCUT2D eigenvalue weighted by atomic mass is 32.2. The average molecular weight is 419 g/mol. The number of sulfonamides is 1. The quantitative estimate of drug-likeness (QED) is 0.581. The highest BCUT2D eigenvalue weighted by molar-refractivity contribution is 7.89. The molecule has 0 aliphatic carbocycles. The van der Waals surface area contributed by atoms with Crippen LogP contribution in [0.3, 0.4) is 0 Å². The van der Waals surface area contributed by atoms with Crippen molar-refractivity contribution in [3.63, 3.8) is 0 Å². The molecule has 0 unspecified atom stereocenters. The molecule has 0 saturated carbocycles. The number of nitrogens with zero attached hydrogens (tertiary/aromatic N) is 2. The van der Waals surface area contributed by atoms with Gasteiger partial charge in [0, 0.05) is 18.0 Å². The molecule has 1 heterocycles. The molecule has 0 spiro atoms. The van der Waals surface area contributed by atoms with Crippen LogP contribution >= 0.6 is 11.3 Å². The average Bonchev–Trinajstić information content (AvgIpc) is 3.16. The third kappa shape index (κ3) is 4.19. The lowest BCUT2D eigenvalue weighted by atomic mass is 10.2. The Morgan fingerprint density at radius 3 is 2.36 bits per heavy atom. The van der Waals surface area contributed by atoms with E-state index in [1.807, 2.05) is 30.5 Å². The van der Waals surface area contributed by atoms with Crippen molar-refractivity contribution in [1.82, 2.24) is 9.29 Å². The molecule has 0 atom stereocenters. The first-order chi connectivity index (χ1) is 13.3. The van der Waals surface area contributed by atoms with Gasteiger partial charge in [-0.05, 0) is 37.3 Å². The summed E-state index contributed by atoms with van der Waals surface area (Å²) in [7, 11) is 1.16. The molecular weight excluding hydrogens is 396 g/mol. The van der Waals surface area contributed by atoms with Gasteiger partial charge in [-0.15, -0.1) is 11.3 Å². The third-order valence-corrected chi connectivity index (χ3v) is 7.05. The van der Waals surface area contributed by atoms with E-state index in [4.69, 9.17) is 9.47 Å². The molecule has 0 saturated heterocycles. The number of hydrogen-bond donors (Lipinski definition) is 0. The Morgan fingerprint density at radius 1 is 1.04 bits per heavy atom. The van der Waals surface area contributed by atoms with Gasteiger partial charge >= 0.3 is 0 Å². The second kappa shape index (κ2) is 8.30. The van der Waals surface area contributed by atoms with Gasteiger partial charge < -0.3 is 9.47 Å². The summed E-state index contributed by atoms with van der Waals surface area (Å²) in [5, 5.41) is 2.66. The summed E-state index contributed by atoms with van der Waals surface area (Å²) in [6.07, 6.45) is 0. The van der Waals surface area contributed by atoms with Gasteiger partial charge in [-0.25, -0.2) is 13.4 Å². The number of rotatable bonds is 7. The standard InChI is InChI=1S/C20H22N2O4S2/c1-14-5-8-17(9-6-14)28(23,24)22(2)12-16-13-27-20(21-16)15-7-10-18(25-3)19(11-15)26-4/h5-11,13H,12H2,1-4H3. The molecule has 0 fully saturated rings. The summed E-state index contributed by atoms with van der Waals surface area (Å²) in [4.78, 5) is 4.86. The first kappa shape index (κ1) is 20.3. The van der Waals surface area contributed by atoms with Crippen LogP contribution in [0.15, 0.2) is 52.7 Å². The van der Waals surface area contributed by atoms with Crippen LogP contribution in [0.25, 0.3) is 10.6 Å². The van der Waals surface area contributed by atoms with Crippen molar-refractivity contribution in [2.45, 2.75) is 18.4 Å². The van der Waals surface area contributed by atoms with E-state index in [1.165, 1.54) is 15.6 Å². The van der Waals surface area contributed by atoms with Crippen LogP contribution in [0, 0.1) is 6.92 Å². The van der Waals surface area contributed by atoms with Crippen LogP contribution in [-0.4, -0.2) is 39.0 Å². The fourth-order valence-electron chi connectivity index (χ4n) is 2.68. The number of aryl methyl sites for hydroxylation is 1. The SMILES string of the molecule is COc1ccc(-c2nc(CN(C)S(=O)(=O)c3ccc(C)cc3)cs2)cc1OC. The van der Waals surface area contributed by atoms with Crippen molar-refractivity contribution < 1.29 is 17.9 Å². The molecule has 0 amide bonds. The minimum absolute atomic E-state index is 0.194. The summed E-state index contributed by atoms with van der Waals surface area (Å²) >= 11 is 1.46. The normalized spacial score (nSPS) is 11.6. The molecule has 0 aliphatic heterocycles. The molecule has 148 valence electrons. The minimum atomic E-state index is -3.57. The number of aromatic nitrogens is 1. The Labute approximate surface area is 169 Å². The van der Waals surface area contributed by atoms with E-state index >= 15 is 0 Å². The lowest BCUT2D eigenvalue weighted by Crippen LogP contribution is -2.26. The van der Waals surface area contributed by atoms with Crippen molar-refractivity contribution in [3.8, 4) is 22.1 Å². The monoisotopic (exact) mass is 418 g/mol. The Morgan fingerprint density at radius 2 is 1.71 bits per heavy atom. The summed E-state index contributed by atoms with van der Waals surface area (Å²) in [5.41, 5.74) is 2.59. The lowest BCUT2D eigenvalue weighted by molar-refractivity contribution is 0.355. The maximum atomic E-state index is 12.7. The van der Waals surface area contributed by atoms with Gasteiger partial charge in [0.1, 0.15) is 5.01 Å². The lowest BCUT2D eigenvalue weighted by Gasteiger charge is -2.16. The third-order valence-electron chi connectivity index (χ3n) is 4.30. The topological polar surface area (TPSA) is 68.7 Å². The molecule has 6 nitrogen and oxygen atoms in total. The van der Waals surface area contributed by atoms with Crippen molar-refractivity contribution in [2.75, 3.05) is 21.3 Å². The summed E-state index contributed by atoms with van der Waals surface area (Å²) in [6.45, 7) is 2.12. The zero-order chi connectivity index (χ0) is 20.3. The Kier molecular flexibility index (Phi) is 6.02. The number of thiazole rings is 1. The molecule has 0 radical (unpaired) electrons. The number of hydrogen-bond acceptors (Lipinski definition) is 6. The molecule has 0 aliphatic rings. The highest BCUT2D eigenvalue weighted by Crippen LogP contribution is 2.33. The van der Waals surface area contributed by atoms with E-state index in [0.717, 1.165) is 16.1 Å². The fraction of sp³-hybridized carbons (Fsp3) is 0.250. The van der Waals surface area contributed by atoms with Crippen LogP contribution in [0.5, 0.6) is 11.5 Å². The minimum Gasteiger partial charge on any atom is -0.493 e. The van der Waals surface area contributed by atoms with Gasteiger partial charge in [0.2, 0.25) is 10.0 Å². The molecule has 3 rings (SSSR count). The molecule has 0 N–H and O–H groups in total. The molecule has 1 aromatic heterocycles. The van der Waals surface area contributed by atoms with Crippen LogP contribution in [0.4, 0.5) is 0 Å². The first-order valence-electron chi connectivity index (χ1n) is 8.55. The van der Waals surface area contributed by atoms with E-state index < -0.39 is 10.0 Å². The zero-order valence-corrected chi connectivity index (χ0v) is 17.8. The van der Waals surface area contributed by atoms with Gasteiger partial charge in [-0.1, -0.05) is 17.7 Å². The van der Waals surface area contributed by atoms with Gasteiger partial charge in [0.05, 0.1) is 31.4 Å². The maximum Gasteiger partial charge on any atom is 0.243 e. The summed E-state index contributed by atoms with van der Waals surface area (Å²) in [5.74, 6) is 1.27. The molecule has 8 heteroatoms. The van der Waals surface area contributed by atoms with Crippen molar-refractivity contribution >= 4 is 21.4 Å². The van der Waals surface area contributed by atoms with Crippen LogP contribution in [-0.2, 0) is 16.6 Å². The van der Waals surface area contributed by atoms with Gasteiger partial charge in [0.15, 0.2) is 11.5 Å². The van der Waals surface area contributed by atoms with Gasteiger partial charge in [-0.3, -0.25) is 0 Å². The Bertz CT molecular complexity index is 1060. The number of methoxy groups -OCH3 is 2. The van der Waals surface area contributed by atoms with Gasteiger partial charge in [-0.2, -0.15) is 4.31 Å². The predicted octanol–water partition coefficient (Wildman–Crippen LogP) is 3.96. The Hall–Kier alpha value is -2.42. The largest absolute Gasteiger partial charge is 0.493 e. The van der Waals surface area contributed by atoms with Crippen LogP contribution in [0.2, 0.25) is 0 Å². The summed E-state index contributed by atoms with van der Waals surface area (Å²) < 4.78 is 37.4. The molecule has 3 aromatic rings. The second-order valence-electron chi connectivity index (χ2n) is 6.29. The first-order valence-corrected chi connectivity index (χ1v) is 10.9. The Balaban J connectivity index is 1.80. The van der Waals surface area contributed by atoms with Crippen LogP contribution in [0.1, 0.15) is 11.3 Å².